The quantitative estimate of drug-likeness (QED) is 0.624. The normalized spacial score (nSPS) is 11.8. The third-order valence-corrected chi connectivity index (χ3v) is 3.41. The molecule has 2 aromatic carbocycles. The van der Waals surface area contributed by atoms with E-state index in [1.54, 1.807) is 12.1 Å². The summed E-state index contributed by atoms with van der Waals surface area (Å²) in [5.74, 6) is -1.45. The molecule has 2 N–H and O–H groups in total. The summed E-state index contributed by atoms with van der Waals surface area (Å²) in [7, 11) is 1.45. The number of aromatic hydroxyl groups is 1. The van der Waals surface area contributed by atoms with E-state index in [1.165, 1.54) is 25.3 Å². The summed E-state index contributed by atoms with van der Waals surface area (Å²) in [6.45, 7) is 0.0929. The van der Waals surface area contributed by atoms with Gasteiger partial charge in [-0.2, -0.15) is 0 Å². The fraction of sp³-hybridized carbons (Fsp3) is 0.188. The fourth-order valence-corrected chi connectivity index (χ4v) is 2.11. The number of rotatable bonds is 6. The van der Waals surface area contributed by atoms with Gasteiger partial charge in [-0.1, -0.05) is 12.1 Å². The second-order valence-electron chi connectivity index (χ2n) is 4.95. The summed E-state index contributed by atoms with van der Waals surface area (Å²) >= 11 is 0. The number of hydrogen-bond acceptors (Lipinski definition) is 5. The van der Waals surface area contributed by atoms with Gasteiger partial charge in [0, 0.05) is 25.3 Å². The number of nitro groups is 1. The number of carbonyl (C=O) groups excluding carboxylic acids is 1. The van der Waals surface area contributed by atoms with Crippen LogP contribution in [0, 0.1) is 15.9 Å². The molecule has 0 unspecified atom stereocenters. The monoisotopic (exact) mass is 334 g/mol. The van der Waals surface area contributed by atoms with Gasteiger partial charge in [0.25, 0.3) is 5.91 Å². The summed E-state index contributed by atoms with van der Waals surface area (Å²) in [6.07, 6.45) is -0.498. The van der Waals surface area contributed by atoms with Gasteiger partial charge in [-0.25, -0.2) is 4.39 Å². The second-order valence-corrected chi connectivity index (χ2v) is 4.95. The number of nitro benzene ring substituents is 1. The van der Waals surface area contributed by atoms with Crippen molar-refractivity contribution in [3.8, 4) is 5.75 Å². The molecule has 2 aromatic rings. The summed E-state index contributed by atoms with van der Waals surface area (Å²) in [5.41, 5.74) is 0.161. The van der Waals surface area contributed by atoms with E-state index < -0.39 is 28.4 Å². The number of benzene rings is 2. The van der Waals surface area contributed by atoms with Gasteiger partial charge in [-0.05, 0) is 29.8 Å². The first-order valence-corrected chi connectivity index (χ1v) is 6.96. The largest absolute Gasteiger partial charge is 0.502 e. The first-order valence-electron chi connectivity index (χ1n) is 6.96. The summed E-state index contributed by atoms with van der Waals surface area (Å²) in [5, 5.41) is 22.8. The topological polar surface area (TPSA) is 102 Å². The lowest BCUT2D eigenvalue weighted by molar-refractivity contribution is -0.385. The number of ether oxygens (including phenoxy) is 1. The van der Waals surface area contributed by atoms with Gasteiger partial charge in [-0.15, -0.1) is 0 Å². The van der Waals surface area contributed by atoms with Crippen molar-refractivity contribution in [3.05, 3.63) is 69.5 Å². The van der Waals surface area contributed by atoms with Crippen molar-refractivity contribution in [3.63, 3.8) is 0 Å². The lowest BCUT2D eigenvalue weighted by Gasteiger charge is -2.16. The fourth-order valence-electron chi connectivity index (χ4n) is 2.11. The highest BCUT2D eigenvalue weighted by atomic mass is 19.1. The van der Waals surface area contributed by atoms with Gasteiger partial charge in [0.1, 0.15) is 5.82 Å². The highest BCUT2D eigenvalue weighted by Crippen LogP contribution is 2.26. The molecule has 1 amide bonds. The van der Waals surface area contributed by atoms with E-state index in [-0.39, 0.29) is 17.9 Å². The van der Waals surface area contributed by atoms with Crippen LogP contribution in [0.15, 0.2) is 42.5 Å². The minimum Gasteiger partial charge on any atom is -0.502 e. The highest BCUT2D eigenvalue weighted by Gasteiger charge is 2.18. The van der Waals surface area contributed by atoms with Crippen molar-refractivity contribution in [2.45, 2.75) is 6.10 Å². The van der Waals surface area contributed by atoms with Gasteiger partial charge in [0.2, 0.25) is 0 Å². The van der Waals surface area contributed by atoms with Crippen LogP contribution >= 0.6 is 0 Å². The molecule has 0 saturated carbocycles. The molecule has 0 saturated heterocycles. The number of halogens is 1. The van der Waals surface area contributed by atoms with E-state index in [0.717, 1.165) is 12.1 Å². The zero-order valence-corrected chi connectivity index (χ0v) is 12.7. The number of amides is 1. The third-order valence-electron chi connectivity index (χ3n) is 3.41. The first-order chi connectivity index (χ1) is 11.4. The van der Waals surface area contributed by atoms with Crippen LogP contribution in [0.2, 0.25) is 0 Å². The van der Waals surface area contributed by atoms with Gasteiger partial charge in [0.05, 0.1) is 11.0 Å². The number of methoxy groups -OCH3 is 1. The van der Waals surface area contributed by atoms with E-state index in [9.17, 15) is 24.4 Å². The van der Waals surface area contributed by atoms with Crippen LogP contribution in [0.1, 0.15) is 22.0 Å². The zero-order chi connectivity index (χ0) is 17.7. The maximum Gasteiger partial charge on any atom is 0.311 e. The lowest BCUT2D eigenvalue weighted by atomic mass is 10.1. The Morgan fingerprint density at radius 2 is 2.00 bits per heavy atom. The second kappa shape index (κ2) is 7.51. The molecule has 0 spiro atoms. The zero-order valence-electron chi connectivity index (χ0n) is 12.7. The molecular weight excluding hydrogens is 319 g/mol. The number of hydrogen-bond donors (Lipinski definition) is 2. The Morgan fingerprint density at radius 1 is 1.33 bits per heavy atom. The van der Waals surface area contributed by atoms with E-state index >= 15 is 0 Å². The number of phenols is 1. The van der Waals surface area contributed by atoms with Crippen LogP contribution in [-0.2, 0) is 4.74 Å². The van der Waals surface area contributed by atoms with Gasteiger partial charge < -0.3 is 15.2 Å². The van der Waals surface area contributed by atoms with Crippen LogP contribution in [0.4, 0.5) is 10.1 Å². The molecular formula is C16H15FN2O5. The smallest absolute Gasteiger partial charge is 0.311 e. The predicted octanol–water partition coefficient (Wildman–Crippen LogP) is 2.56. The lowest BCUT2D eigenvalue weighted by Crippen LogP contribution is -2.29. The van der Waals surface area contributed by atoms with E-state index in [2.05, 4.69) is 5.32 Å². The molecule has 0 radical (unpaired) electrons. The van der Waals surface area contributed by atoms with Crippen molar-refractivity contribution in [2.75, 3.05) is 13.7 Å². The Morgan fingerprint density at radius 3 is 2.58 bits per heavy atom. The minimum atomic E-state index is -0.775. The molecule has 24 heavy (non-hydrogen) atoms. The molecule has 0 heterocycles. The number of phenolic OH excluding ortho intramolecular Hbond substituents is 1. The van der Waals surface area contributed by atoms with Crippen molar-refractivity contribution in [1.29, 1.82) is 0 Å². The Bertz CT molecular complexity index is 749. The van der Waals surface area contributed by atoms with Crippen LogP contribution in [0.25, 0.3) is 0 Å². The van der Waals surface area contributed by atoms with E-state index in [1.807, 2.05) is 0 Å². The minimum absolute atomic E-state index is 0.0356. The van der Waals surface area contributed by atoms with Crippen molar-refractivity contribution < 1.29 is 24.0 Å². The molecule has 0 aliphatic heterocycles. The third kappa shape index (κ3) is 4.05. The van der Waals surface area contributed by atoms with Gasteiger partial charge in [0.15, 0.2) is 5.75 Å². The molecule has 8 heteroatoms. The summed E-state index contributed by atoms with van der Waals surface area (Å²) < 4.78 is 18.2. The molecule has 0 aromatic heterocycles. The van der Waals surface area contributed by atoms with Crippen LogP contribution in [-0.4, -0.2) is 29.6 Å². The van der Waals surface area contributed by atoms with Crippen LogP contribution < -0.4 is 5.32 Å². The Hall–Kier alpha value is -3.00. The molecule has 2 rings (SSSR count). The maximum absolute atomic E-state index is 12.9. The van der Waals surface area contributed by atoms with Crippen LogP contribution in [0.3, 0.4) is 0 Å². The van der Waals surface area contributed by atoms with E-state index in [0.29, 0.717) is 5.56 Å². The maximum atomic E-state index is 12.9. The Labute approximate surface area is 136 Å². The molecule has 1 atom stereocenters. The van der Waals surface area contributed by atoms with E-state index in [4.69, 9.17) is 4.74 Å². The molecule has 0 fully saturated rings. The Balaban J connectivity index is 2.07. The number of nitrogens with zero attached hydrogens (tertiary/aromatic N) is 1. The van der Waals surface area contributed by atoms with Crippen molar-refractivity contribution in [1.82, 2.24) is 5.32 Å². The molecule has 7 nitrogen and oxygen atoms in total. The first kappa shape index (κ1) is 17.4. The SMILES string of the molecule is CO[C@@H](CNC(=O)c1ccc(O)c([N+](=O)[O-])c1)c1ccc(F)cc1. The number of carbonyl (C=O) groups is 1. The average molecular weight is 334 g/mol. The van der Waals surface area contributed by atoms with Gasteiger partial charge >= 0.3 is 5.69 Å². The average Bonchev–Trinajstić information content (AvgIpc) is 2.56. The predicted molar refractivity (Wildman–Crippen MR) is 83.2 cm³/mol. The summed E-state index contributed by atoms with van der Waals surface area (Å²) in [6, 6.07) is 9.00. The molecule has 0 aliphatic carbocycles. The summed E-state index contributed by atoms with van der Waals surface area (Å²) in [4.78, 5) is 22.1. The van der Waals surface area contributed by atoms with Crippen molar-refractivity contribution >= 4 is 11.6 Å². The molecule has 0 bridgehead atoms. The Kier molecular flexibility index (Phi) is 5.43. The van der Waals surface area contributed by atoms with Crippen molar-refractivity contribution in [2.24, 2.45) is 0 Å². The molecule has 126 valence electrons. The molecule has 0 aliphatic rings. The highest BCUT2D eigenvalue weighted by molar-refractivity contribution is 5.95. The van der Waals surface area contributed by atoms with Crippen LogP contribution in [0.5, 0.6) is 5.75 Å². The number of nitrogens with one attached hydrogen (secondary N) is 1. The standard InChI is InChI=1S/C16H15FN2O5/c1-24-15(10-2-5-12(17)6-3-10)9-18-16(21)11-4-7-14(20)13(8-11)19(22)23/h2-8,15,20H,9H2,1H3,(H,18,21)/t15-/m0/s1. The van der Waals surface area contributed by atoms with Gasteiger partial charge in [-0.3, -0.25) is 14.9 Å².